The smallest absolute Gasteiger partial charge is 0.258 e. The van der Waals surface area contributed by atoms with Crippen LogP contribution in [-0.2, 0) is 14.8 Å². The van der Waals surface area contributed by atoms with Gasteiger partial charge in [0.15, 0.2) is 5.03 Å². The highest BCUT2D eigenvalue weighted by atomic mass is 32.2. The summed E-state index contributed by atoms with van der Waals surface area (Å²) in [4.78, 5) is 13.5. The van der Waals surface area contributed by atoms with Gasteiger partial charge >= 0.3 is 0 Å². The van der Waals surface area contributed by atoms with Crippen LogP contribution >= 0.6 is 0 Å². The van der Waals surface area contributed by atoms with Gasteiger partial charge in [-0.3, -0.25) is 9.89 Å². The van der Waals surface area contributed by atoms with Crippen molar-refractivity contribution >= 4 is 15.9 Å². The molecule has 0 aliphatic rings. The minimum atomic E-state index is -3.73. The van der Waals surface area contributed by atoms with Crippen LogP contribution in [0.4, 0.5) is 0 Å². The number of carbonyl (C=O) groups excluding carboxylic acids is 1. The lowest BCUT2D eigenvalue weighted by Crippen LogP contribution is -2.46. The molecule has 1 rings (SSSR count). The topological polar surface area (TPSA) is 95.2 Å². The van der Waals surface area contributed by atoms with Gasteiger partial charge in [0.05, 0.1) is 12.2 Å². The standard InChI is InChI=1S/C10H18N4O3S/c1-4-14(5-2)10(15)8(3)13-18(16,17)9-6-7-11-12-9/h6-8,13H,4-5H2,1-3H3,(H,11,12). The molecule has 1 atom stereocenters. The van der Waals surface area contributed by atoms with E-state index in [4.69, 9.17) is 0 Å². The fraction of sp³-hybridized carbons (Fsp3) is 0.600. The van der Waals surface area contributed by atoms with E-state index in [9.17, 15) is 13.2 Å². The predicted molar refractivity (Wildman–Crippen MR) is 66.3 cm³/mol. The molecule has 0 bridgehead atoms. The van der Waals surface area contributed by atoms with E-state index in [1.807, 2.05) is 13.8 Å². The molecule has 1 heterocycles. The summed E-state index contributed by atoms with van der Waals surface area (Å²) in [5.74, 6) is -0.247. The fourth-order valence-electron chi connectivity index (χ4n) is 1.55. The number of rotatable bonds is 6. The molecule has 0 saturated heterocycles. The first-order chi connectivity index (χ1) is 8.42. The third-order valence-electron chi connectivity index (χ3n) is 2.54. The number of sulfonamides is 1. The molecular weight excluding hydrogens is 256 g/mol. The molecule has 0 spiro atoms. The Hall–Kier alpha value is -1.41. The number of nitrogens with zero attached hydrogens (tertiary/aromatic N) is 2. The molecule has 0 aliphatic carbocycles. The monoisotopic (exact) mass is 274 g/mol. The van der Waals surface area contributed by atoms with Crippen molar-refractivity contribution in [1.82, 2.24) is 19.8 Å². The van der Waals surface area contributed by atoms with E-state index in [0.29, 0.717) is 13.1 Å². The third kappa shape index (κ3) is 3.30. The number of hydrogen-bond donors (Lipinski definition) is 2. The molecule has 0 fully saturated rings. The van der Waals surface area contributed by atoms with Crippen molar-refractivity contribution in [2.45, 2.75) is 31.8 Å². The van der Waals surface area contributed by atoms with Gasteiger partial charge in [-0.1, -0.05) is 0 Å². The Labute approximate surface area is 107 Å². The van der Waals surface area contributed by atoms with Crippen molar-refractivity contribution in [3.8, 4) is 0 Å². The van der Waals surface area contributed by atoms with Crippen molar-refractivity contribution in [2.75, 3.05) is 13.1 Å². The molecule has 8 heteroatoms. The number of nitrogens with one attached hydrogen (secondary N) is 2. The van der Waals surface area contributed by atoms with Crippen LogP contribution in [0.3, 0.4) is 0 Å². The van der Waals surface area contributed by atoms with E-state index in [-0.39, 0.29) is 10.9 Å². The van der Waals surface area contributed by atoms with E-state index >= 15 is 0 Å². The van der Waals surface area contributed by atoms with Gasteiger partial charge in [-0.2, -0.15) is 9.82 Å². The van der Waals surface area contributed by atoms with Gasteiger partial charge in [0.2, 0.25) is 5.91 Å². The molecule has 2 N–H and O–H groups in total. The second kappa shape index (κ2) is 5.96. The predicted octanol–water partition coefficient (Wildman–Crippen LogP) is -0.0551. The van der Waals surface area contributed by atoms with Crippen molar-refractivity contribution in [3.63, 3.8) is 0 Å². The van der Waals surface area contributed by atoms with Crippen molar-refractivity contribution < 1.29 is 13.2 Å². The molecular formula is C10H18N4O3S. The SMILES string of the molecule is CCN(CC)C(=O)C(C)NS(=O)(=O)c1ccn[nH]1. The van der Waals surface area contributed by atoms with Gasteiger partial charge in [0.1, 0.15) is 0 Å². The summed E-state index contributed by atoms with van der Waals surface area (Å²) in [5.41, 5.74) is 0. The quantitative estimate of drug-likeness (QED) is 0.760. The Bertz CT molecular complexity index is 479. The van der Waals surface area contributed by atoms with Crippen LogP contribution in [-0.4, -0.2) is 48.6 Å². The molecule has 0 aromatic carbocycles. The zero-order valence-corrected chi connectivity index (χ0v) is 11.5. The first kappa shape index (κ1) is 14.7. The minimum Gasteiger partial charge on any atom is -0.342 e. The minimum absolute atomic E-state index is 0.0540. The van der Waals surface area contributed by atoms with Crippen molar-refractivity contribution in [1.29, 1.82) is 0 Å². The highest BCUT2D eigenvalue weighted by Crippen LogP contribution is 2.05. The summed E-state index contributed by atoms with van der Waals surface area (Å²) >= 11 is 0. The number of aromatic amines is 1. The molecule has 18 heavy (non-hydrogen) atoms. The maximum atomic E-state index is 11.9. The summed E-state index contributed by atoms with van der Waals surface area (Å²) in [5, 5.41) is 5.87. The molecule has 7 nitrogen and oxygen atoms in total. The second-order valence-corrected chi connectivity index (χ2v) is 5.46. The lowest BCUT2D eigenvalue weighted by Gasteiger charge is -2.23. The van der Waals surface area contributed by atoms with Crippen LogP contribution in [0.1, 0.15) is 20.8 Å². The van der Waals surface area contributed by atoms with Gasteiger partial charge in [-0.15, -0.1) is 0 Å². The third-order valence-corrected chi connectivity index (χ3v) is 4.01. The maximum Gasteiger partial charge on any atom is 0.258 e. The molecule has 0 aliphatic heterocycles. The molecule has 0 radical (unpaired) electrons. The van der Waals surface area contributed by atoms with Gasteiger partial charge < -0.3 is 4.90 Å². The first-order valence-corrected chi connectivity index (χ1v) is 7.21. The Morgan fingerprint density at radius 3 is 2.56 bits per heavy atom. The van der Waals surface area contributed by atoms with Crippen LogP contribution in [0.2, 0.25) is 0 Å². The Morgan fingerprint density at radius 2 is 2.11 bits per heavy atom. The molecule has 1 amide bonds. The molecule has 1 aromatic rings. The van der Waals surface area contributed by atoms with Gasteiger partial charge in [-0.25, -0.2) is 8.42 Å². The van der Waals surface area contributed by atoms with E-state index in [0.717, 1.165) is 0 Å². The number of likely N-dealkylation sites (N-methyl/N-ethyl adjacent to an activating group) is 1. The van der Waals surface area contributed by atoms with Crippen LogP contribution in [0.25, 0.3) is 0 Å². The molecule has 0 saturated carbocycles. The molecule has 102 valence electrons. The summed E-state index contributed by atoms with van der Waals surface area (Å²) < 4.78 is 26.0. The van der Waals surface area contributed by atoms with Gasteiger partial charge in [-0.05, 0) is 26.8 Å². The first-order valence-electron chi connectivity index (χ1n) is 5.72. The van der Waals surface area contributed by atoms with Crippen molar-refractivity contribution in [3.05, 3.63) is 12.3 Å². The zero-order chi connectivity index (χ0) is 13.8. The maximum absolute atomic E-state index is 11.9. The van der Waals surface area contributed by atoms with E-state index < -0.39 is 16.1 Å². The normalized spacial score (nSPS) is 13.3. The van der Waals surface area contributed by atoms with Crippen LogP contribution in [0.5, 0.6) is 0 Å². The van der Waals surface area contributed by atoms with E-state index in [2.05, 4.69) is 14.9 Å². The average molecular weight is 274 g/mol. The Balaban J connectivity index is 2.76. The summed E-state index contributed by atoms with van der Waals surface area (Å²) in [6.07, 6.45) is 1.34. The Kier molecular flexibility index (Phi) is 4.85. The lowest BCUT2D eigenvalue weighted by atomic mass is 10.3. The Morgan fingerprint density at radius 1 is 1.50 bits per heavy atom. The number of amides is 1. The summed E-state index contributed by atoms with van der Waals surface area (Å²) in [6, 6.07) is 0.523. The van der Waals surface area contributed by atoms with Crippen molar-refractivity contribution in [2.24, 2.45) is 0 Å². The fourth-order valence-corrected chi connectivity index (χ4v) is 2.65. The zero-order valence-electron chi connectivity index (χ0n) is 10.7. The number of hydrogen-bond acceptors (Lipinski definition) is 4. The summed E-state index contributed by atoms with van der Waals surface area (Å²) in [7, 11) is -3.73. The molecule has 1 unspecified atom stereocenters. The largest absolute Gasteiger partial charge is 0.342 e. The lowest BCUT2D eigenvalue weighted by molar-refractivity contribution is -0.132. The highest BCUT2D eigenvalue weighted by Gasteiger charge is 2.25. The highest BCUT2D eigenvalue weighted by molar-refractivity contribution is 7.89. The number of aromatic nitrogens is 2. The average Bonchev–Trinajstić information content (AvgIpc) is 2.84. The van der Waals surface area contributed by atoms with Crippen LogP contribution in [0, 0.1) is 0 Å². The molecule has 1 aromatic heterocycles. The number of H-pyrrole nitrogens is 1. The number of carbonyl (C=O) groups is 1. The van der Waals surface area contributed by atoms with E-state index in [1.54, 1.807) is 4.90 Å². The van der Waals surface area contributed by atoms with Gasteiger partial charge in [0.25, 0.3) is 10.0 Å². The van der Waals surface area contributed by atoms with Crippen LogP contribution in [0.15, 0.2) is 17.3 Å². The summed E-state index contributed by atoms with van der Waals surface area (Å²) in [6.45, 7) is 6.31. The van der Waals surface area contributed by atoms with E-state index in [1.165, 1.54) is 19.2 Å². The second-order valence-electron chi connectivity index (χ2n) is 3.77. The van der Waals surface area contributed by atoms with Gasteiger partial charge in [0, 0.05) is 13.1 Å². The van der Waals surface area contributed by atoms with Crippen LogP contribution < -0.4 is 4.72 Å².